The predicted molar refractivity (Wildman–Crippen MR) is 87.7 cm³/mol. The van der Waals surface area contributed by atoms with Crippen LogP contribution >= 0.6 is 0 Å². The number of esters is 1. The van der Waals surface area contributed by atoms with Gasteiger partial charge in [0, 0.05) is 12.8 Å². The molecular formula is C19H28NO2+. The minimum Gasteiger partial charge on any atom is -0.459 e. The highest BCUT2D eigenvalue weighted by Gasteiger charge is 2.37. The number of nitrogens with zero attached hydrogens (tertiary/aromatic N) is 1. The summed E-state index contributed by atoms with van der Waals surface area (Å²) in [6.07, 6.45) is 8.71. The third-order valence-corrected chi connectivity index (χ3v) is 5.65. The zero-order chi connectivity index (χ0) is 15.4. The Hall–Kier alpha value is -1.35. The molecule has 22 heavy (non-hydrogen) atoms. The van der Waals surface area contributed by atoms with Gasteiger partial charge in [-0.25, -0.2) is 4.79 Å². The number of quaternary nitrogens is 1. The average Bonchev–Trinajstić information content (AvgIpc) is 2.57. The number of rotatable bonds is 3. The molecule has 2 fully saturated rings. The molecule has 3 rings (SSSR count). The van der Waals surface area contributed by atoms with Crippen molar-refractivity contribution in [3.05, 3.63) is 35.9 Å². The molecule has 1 aliphatic heterocycles. The van der Waals surface area contributed by atoms with Crippen LogP contribution in [0.1, 0.15) is 55.3 Å². The van der Waals surface area contributed by atoms with Gasteiger partial charge in [0.1, 0.15) is 6.10 Å². The van der Waals surface area contributed by atoms with Gasteiger partial charge in [-0.05, 0) is 44.2 Å². The number of piperidine rings is 1. The first-order valence-electron chi connectivity index (χ1n) is 8.78. The number of carbonyl (C=O) groups is 1. The fourth-order valence-electron chi connectivity index (χ4n) is 4.18. The highest BCUT2D eigenvalue weighted by atomic mass is 16.5. The van der Waals surface area contributed by atoms with Crippen molar-refractivity contribution in [3.63, 3.8) is 0 Å². The van der Waals surface area contributed by atoms with Crippen LogP contribution in [0.5, 0.6) is 0 Å². The lowest BCUT2D eigenvalue weighted by atomic mass is 9.89. The molecule has 1 aliphatic carbocycles. The Balaban J connectivity index is 1.50. The van der Waals surface area contributed by atoms with E-state index in [0.29, 0.717) is 5.56 Å². The van der Waals surface area contributed by atoms with E-state index < -0.39 is 0 Å². The minimum absolute atomic E-state index is 0.111. The Bertz CT molecular complexity index is 485. The lowest BCUT2D eigenvalue weighted by molar-refractivity contribution is -0.939. The molecule has 0 amide bonds. The Morgan fingerprint density at radius 2 is 1.64 bits per heavy atom. The van der Waals surface area contributed by atoms with Gasteiger partial charge in [0.25, 0.3) is 0 Å². The van der Waals surface area contributed by atoms with Crippen LogP contribution in [-0.2, 0) is 4.74 Å². The van der Waals surface area contributed by atoms with Gasteiger partial charge < -0.3 is 9.22 Å². The van der Waals surface area contributed by atoms with Crippen molar-refractivity contribution < 1.29 is 14.0 Å². The number of benzene rings is 1. The second-order valence-corrected chi connectivity index (χ2v) is 7.19. The van der Waals surface area contributed by atoms with Gasteiger partial charge in [0.15, 0.2) is 0 Å². The molecule has 0 N–H and O–H groups in total. The van der Waals surface area contributed by atoms with E-state index in [0.717, 1.165) is 18.9 Å². The third-order valence-electron chi connectivity index (χ3n) is 5.65. The summed E-state index contributed by atoms with van der Waals surface area (Å²) < 4.78 is 6.95. The maximum Gasteiger partial charge on any atom is 0.338 e. The van der Waals surface area contributed by atoms with Crippen LogP contribution in [0.4, 0.5) is 0 Å². The topological polar surface area (TPSA) is 26.3 Å². The highest BCUT2D eigenvalue weighted by molar-refractivity contribution is 5.89. The number of hydrogen-bond donors (Lipinski definition) is 0. The van der Waals surface area contributed by atoms with Crippen LogP contribution < -0.4 is 0 Å². The van der Waals surface area contributed by atoms with Gasteiger partial charge in [0.05, 0.1) is 31.7 Å². The predicted octanol–water partition coefficient (Wildman–Crippen LogP) is 3.79. The highest BCUT2D eigenvalue weighted by Crippen LogP contribution is 2.32. The molecule has 1 aromatic rings. The molecule has 1 heterocycles. The van der Waals surface area contributed by atoms with Crippen molar-refractivity contribution in [2.75, 3.05) is 20.1 Å². The molecule has 2 aliphatic rings. The number of carbonyl (C=O) groups excluding carboxylic acids is 1. The van der Waals surface area contributed by atoms with Gasteiger partial charge in [-0.15, -0.1) is 0 Å². The van der Waals surface area contributed by atoms with E-state index in [9.17, 15) is 4.79 Å². The SMILES string of the molecule is C[N+]1(C2CCC(OC(=O)c3ccccc3)CC2)CCCCC1. The van der Waals surface area contributed by atoms with Crippen molar-refractivity contribution >= 4 is 5.97 Å². The van der Waals surface area contributed by atoms with Crippen LogP contribution in [0, 0.1) is 0 Å². The zero-order valence-electron chi connectivity index (χ0n) is 13.7. The molecule has 0 aromatic heterocycles. The van der Waals surface area contributed by atoms with Gasteiger partial charge in [-0.2, -0.15) is 0 Å². The van der Waals surface area contributed by atoms with Gasteiger partial charge in [-0.3, -0.25) is 0 Å². The average molecular weight is 302 g/mol. The lowest BCUT2D eigenvalue weighted by Crippen LogP contribution is -2.56. The van der Waals surface area contributed by atoms with E-state index in [4.69, 9.17) is 4.74 Å². The summed E-state index contributed by atoms with van der Waals surface area (Å²) in [5, 5.41) is 0. The van der Waals surface area contributed by atoms with E-state index >= 15 is 0 Å². The van der Waals surface area contributed by atoms with Crippen molar-refractivity contribution in [1.82, 2.24) is 0 Å². The van der Waals surface area contributed by atoms with Gasteiger partial charge in [-0.1, -0.05) is 18.2 Å². The summed E-state index contributed by atoms with van der Waals surface area (Å²) >= 11 is 0. The van der Waals surface area contributed by atoms with E-state index in [2.05, 4.69) is 7.05 Å². The lowest BCUT2D eigenvalue weighted by Gasteiger charge is -2.46. The van der Waals surface area contributed by atoms with Crippen LogP contribution in [-0.4, -0.2) is 42.7 Å². The molecule has 3 nitrogen and oxygen atoms in total. The second kappa shape index (κ2) is 6.82. The normalized spacial score (nSPS) is 28.0. The summed E-state index contributed by atoms with van der Waals surface area (Å²) in [6, 6.07) is 10.1. The van der Waals surface area contributed by atoms with Crippen LogP contribution in [0.2, 0.25) is 0 Å². The Morgan fingerprint density at radius 1 is 1.00 bits per heavy atom. The zero-order valence-corrected chi connectivity index (χ0v) is 13.7. The number of ether oxygens (including phenoxy) is 1. The summed E-state index contributed by atoms with van der Waals surface area (Å²) in [4.78, 5) is 12.1. The molecule has 0 radical (unpaired) electrons. The summed E-state index contributed by atoms with van der Waals surface area (Å²) in [6.45, 7) is 2.66. The standard InChI is InChI=1S/C19H28NO2/c1-20(14-6-3-7-15-20)17-10-12-18(13-11-17)22-19(21)16-8-4-2-5-9-16/h2,4-5,8-9,17-18H,3,6-7,10-15H2,1H3/q+1. The van der Waals surface area contributed by atoms with Crippen molar-refractivity contribution in [3.8, 4) is 0 Å². The van der Waals surface area contributed by atoms with E-state index in [1.165, 1.54) is 49.7 Å². The van der Waals surface area contributed by atoms with Gasteiger partial charge >= 0.3 is 5.97 Å². The Labute approximate surface area is 133 Å². The number of hydrogen-bond acceptors (Lipinski definition) is 2. The van der Waals surface area contributed by atoms with Crippen LogP contribution in [0.3, 0.4) is 0 Å². The largest absolute Gasteiger partial charge is 0.459 e. The molecule has 1 aromatic carbocycles. The third kappa shape index (κ3) is 3.52. The van der Waals surface area contributed by atoms with Crippen molar-refractivity contribution in [2.45, 2.75) is 57.1 Å². The molecule has 0 spiro atoms. The van der Waals surface area contributed by atoms with Crippen LogP contribution in [0.25, 0.3) is 0 Å². The van der Waals surface area contributed by atoms with E-state index in [1.54, 1.807) is 0 Å². The number of likely N-dealkylation sites (tertiary alicyclic amines) is 1. The van der Waals surface area contributed by atoms with Crippen molar-refractivity contribution in [2.24, 2.45) is 0 Å². The molecule has 3 heteroatoms. The molecular weight excluding hydrogens is 274 g/mol. The fourth-order valence-corrected chi connectivity index (χ4v) is 4.18. The maximum atomic E-state index is 12.1. The second-order valence-electron chi connectivity index (χ2n) is 7.19. The van der Waals surface area contributed by atoms with Crippen LogP contribution in [0.15, 0.2) is 30.3 Å². The first-order chi connectivity index (χ1) is 10.7. The molecule has 0 unspecified atom stereocenters. The quantitative estimate of drug-likeness (QED) is 0.627. The summed E-state index contributed by atoms with van der Waals surface area (Å²) in [5.74, 6) is -0.164. The Kier molecular flexibility index (Phi) is 4.82. The van der Waals surface area contributed by atoms with Crippen molar-refractivity contribution in [1.29, 1.82) is 0 Å². The smallest absolute Gasteiger partial charge is 0.338 e. The van der Waals surface area contributed by atoms with E-state index in [1.807, 2.05) is 30.3 Å². The Morgan fingerprint density at radius 3 is 2.27 bits per heavy atom. The summed E-state index contributed by atoms with van der Waals surface area (Å²) in [5.41, 5.74) is 0.666. The van der Waals surface area contributed by atoms with E-state index in [-0.39, 0.29) is 12.1 Å². The maximum absolute atomic E-state index is 12.1. The fraction of sp³-hybridized carbons (Fsp3) is 0.632. The molecule has 1 saturated carbocycles. The first-order valence-corrected chi connectivity index (χ1v) is 8.78. The summed E-state index contributed by atoms with van der Waals surface area (Å²) in [7, 11) is 2.43. The minimum atomic E-state index is -0.164. The molecule has 0 bridgehead atoms. The van der Waals surface area contributed by atoms with Gasteiger partial charge in [0.2, 0.25) is 0 Å². The molecule has 120 valence electrons. The molecule has 1 saturated heterocycles. The molecule has 0 atom stereocenters. The first kappa shape index (κ1) is 15.5. The monoisotopic (exact) mass is 302 g/mol.